The minimum absolute atomic E-state index is 0.0272. The molecular formula is C20H25N3O4. The first-order chi connectivity index (χ1) is 12.8. The summed E-state index contributed by atoms with van der Waals surface area (Å²) in [6.45, 7) is 5.61. The average molecular weight is 371 g/mol. The Balaban J connectivity index is 2.16. The fraction of sp³-hybridized carbons (Fsp3) is 0.300. The van der Waals surface area contributed by atoms with Gasteiger partial charge in [0.05, 0.1) is 14.2 Å². The highest BCUT2D eigenvalue weighted by atomic mass is 16.5. The largest absolute Gasteiger partial charge is 0.496 e. The van der Waals surface area contributed by atoms with E-state index in [0.29, 0.717) is 28.4 Å². The Morgan fingerprint density at radius 1 is 0.926 bits per heavy atom. The number of methoxy groups -OCH3 is 2. The van der Waals surface area contributed by atoms with Crippen LogP contribution in [0, 0.1) is 6.92 Å². The van der Waals surface area contributed by atoms with E-state index in [9.17, 15) is 9.59 Å². The van der Waals surface area contributed by atoms with Crippen molar-refractivity contribution < 1.29 is 19.1 Å². The zero-order valence-electron chi connectivity index (χ0n) is 16.2. The number of carbonyl (C=O) groups excluding carboxylic acids is 2. The summed E-state index contributed by atoms with van der Waals surface area (Å²) in [4.78, 5) is 24.4. The van der Waals surface area contributed by atoms with E-state index in [1.807, 2.05) is 20.8 Å². The molecule has 2 aromatic rings. The molecular weight excluding hydrogens is 346 g/mol. The maximum Gasteiger partial charge on any atom is 0.319 e. The molecule has 0 unspecified atom stereocenters. The molecule has 7 heteroatoms. The highest BCUT2D eigenvalue weighted by molar-refractivity contribution is 6.05. The Bertz CT molecular complexity index is 809. The summed E-state index contributed by atoms with van der Waals surface area (Å²) in [5.74, 6) is 0.830. The third kappa shape index (κ3) is 5.37. The van der Waals surface area contributed by atoms with Crippen molar-refractivity contribution in [2.24, 2.45) is 0 Å². The van der Waals surface area contributed by atoms with Crippen molar-refractivity contribution in [2.75, 3.05) is 24.9 Å². The van der Waals surface area contributed by atoms with Crippen molar-refractivity contribution in [3.8, 4) is 11.5 Å². The lowest BCUT2D eigenvalue weighted by Crippen LogP contribution is -2.34. The number of hydrogen-bond acceptors (Lipinski definition) is 4. The van der Waals surface area contributed by atoms with E-state index in [2.05, 4.69) is 16.0 Å². The molecule has 7 nitrogen and oxygen atoms in total. The van der Waals surface area contributed by atoms with E-state index in [-0.39, 0.29) is 18.0 Å². The van der Waals surface area contributed by atoms with Gasteiger partial charge in [0.1, 0.15) is 11.5 Å². The van der Waals surface area contributed by atoms with E-state index >= 15 is 0 Å². The Labute approximate surface area is 159 Å². The van der Waals surface area contributed by atoms with Crippen LogP contribution in [0.4, 0.5) is 16.2 Å². The van der Waals surface area contributed by atoms with Gasteiger partial charge >= 0.3 is 6.03 Å². The smallest absolute Gasteiger partial charge is 0.319 e. The molecule has 0 saturated carbocycles. The Hall–Kier alpha value is -3.22. The number of rotatable bonds is 6. The summed E-state index contributed by atoms with van der Waals surface area (Å²) in [6, 6.07) is 9.95. The van der Waals surface area contributed by atoms with E-state index < -0.39 is 0 Å². The van der Waals surface area contributed by atoms with E-state index in [0.717, 1.165) is 5.56 Å². The lowest BCUT2D eigenvalue weighted by Gasteiger charge is -2.13. The lowest BCUT2D eigenvalue weighted by atomic mass is 10.1. The van der Waals surface area contributed by atoms with Gasteiger partial charge < -0.3 is 25.4 Å². The third-order valence-corrected chi connectivity index (χ3v) is 3.81. The van der Waals surface area contributed by atoms with Crippen LogP contribution >= 0.6 is 0 Å². The maximum atomic E-state index is 12.6. The lowest BCUT2D eigenvalue weighted by molar-refractivity contribution is 0.102. The van der Waals surface area contributed by atoms with Crippen molar-refractivity contribution in [1.82, 2.24) is 5.32 Å². The Morgan fingerprint density at radius 2 is 1.48 bits per heavy atom. The molecule has 0 heterocycles. The highest BCUT2D eigenvalue weighted by Gasteiger charge is 2.14. The molecule has 0 fully saturated rings. The molecule has 3 amide bonds. The van der Waals surface area contributed by atoms with Crippen molar-refractivity contribution in [3.63, 3.8) is 0 Å². The van der Waals surface area contributed by atoms with Crippen molar-refractivity contribution in [3.05, 3.63) is 47.5 Å². The van der Waals surface area contributed by atoms with E-state index in [4.69, 9.17) is 9.47 Å². The zero-order chi connectivity index (χ0) is 20.0. The molecule has 2 aromatic carbocycles. The normalized spacial score (nSPS) is 10.3. The van der Waals surface area contributed by atoms with Crippen LogP contribution in [0.15, 0.2) is 36.4 Å². The van der Waals surface area contributed by atoms with E-state index in [1.165, 1.54) is 0 Å². The van der Waals surface area contributed by atoms with Crippen LogP contribution in [0.2, 0.25) is 0 Å². The van der Waals surface area contributed by atoms with Crippen LogP contribution in [0.3, 0.4) is 0 Å². The molecule has 0 aliphatic rings. The van der Waals surface area contributed by atoms with Crippen molar-refractivity contribution in [1.29, 1.82) is 0 Å². The van der Waals surface area contributed by atoms with Gasteiger partial charge in [0, 0.05) is 28.5 Å². The van der Waals surface area contributed by atoms with Gasteiger partial charge in [-0.2, -0.15) is 0 Å². The summed E-state index contributed by atoms with van der Waals surface area (Å²) in [7, 11) is 3.08. The first-order valence-electron chi connectivity index (χ1n) is 8.55. The topological polar surface area (TPSA) is 88.7 Å². The summed E-state index contributed by atoms with van der Waals surface area (Å²) >= 11 is 0. The minimum atomic E-state index is -0.310. The Morgan fingerprint density at radius 3 is 2.00 bits per heavy atom. The molecule has 27 heavy (non-hydrogen) atoms. The number of hydrogen-bond donors (Lipinski definition) is 3. The summed E-state index contributed by atoms with van der Waals surface area (Å²) < 4.78 is 10.6. The molecule has 3 N–H and O–H groups in total. The molecule has 144 valence electrons. The molecule has 0 aromatic heterocycles. The number of urea groups is 1. The minimum Gasteiger partial charge on any atom is -0.496 e. The molecule has 0 atom stereocenters. The molecule has 0 bridgehead atoms. The van der Waals surface area contributed by atoms with Gasteiger partial charge in [0.15, 0.2) is 0 Å². The molecule has 2 rings (SSSR count). The standard InChI is InChI=1S/C20H25N3O4/c1-12(2)21-20(25)23-16-8-6-7-15(11-16)22-19(24)14-9-17(26-4)13(3)18(10-14)27-5/h6-12H,1-5H3,(H,22,24)(H2,21,23,25). The first-order valence-corrected chi connectivity index (χ1v) is 8.55. The predicted molar refractivity (Wildman–Crippen MR) is 106 cm³/mol. The Kier molecular flexibility index (Phi) is 6.65. The molecule has 0 saturated heterocycles. The molecule has 0 radical (unpaired) electrons. The van der Waals surface area contributed by atoms with Gasteiger partial charge in [0.2, 0.25) is 0 Å². The summed E-state index contributed by atoms with van der Waals surface area (Å²) in [5.41, 5.74) is 2.36. The SMILES string of the molecule is COc1cc(C(=O)Nc2cccc(NC(=O)NC(C)C)c2)cc(OC)c1C. The average Bonchev–Trinajstić information content (AvgIpc) is 2.61. The van der Waals surface area contributed by atoms with Gasteiger partial charge in [0.25, 0.3) is 5.91 Å². The van der Waals surface area contributed by atoms with Gasteiger partial charge in [-0.25, -0.2) is 4.79 Å². The summed E-state index contributed by atoms with van der Waals surface area (Å²) in [6.07, 6.45) is 0. The third-order valence-electron chi connectivity index (χ3n) is 3.81. The second kappa shape index (κ2) is 8.93. The van der Waals surface area contributed by atoms with Gasteiger partial charge in [-0.3, -0.25) is 4.79 Å². The number of amides is 3. The highest BCUT2D eigenvalue weighted by Crippen LogP contribution is 2.30. The monoisotopic (exact) mass is 371 g/mol. The molecule has 0 aliphatic carbocycles. The number of anilines is 2. The predicted octanol–water partition coefficient (Wildman–Crippen LogP) is 3.79. The van der Waals surface area contributed by atoms with Gasteiger partial charge in [-0.1, -0.05) is 6.07 Å². The fourth-order valence-corrected chi connectivity index (χ4v) is 2.52. The second-order valence-electron chi connectivity index (χ2n) is 6.29. The van der Waals surface area contributed by atoms with Crippen LogP contribution < -0.4 is 25.4 Å². The first kappa shape index (κ1) is 20.1. The van der Waals surface area contributed by atoms with Crippen molar-refractivity contribution in [2.45, 2.75) is 26.8 Å². The van der Waals surface area contributed by atoms with Crippen LogP contribution in [-0.4, -0.2) is 32.2 Å². The fourth-order valence-electron chi connectivity index (χ4n) is 2.52. The zero-order valence-corrected chi connectivity index (χ0v) is 16.2. The summed E-state index contributed by atoms with van der Waals surface area (Å²) in [5, 5.41) is 8.28. The van der Waals surface area contributed by atoms with Crippen LogP contribution in [0.5, 0.6) is 11.5 Å². The van der Waals surface area contributed by atoms with E-state index in [1.54, 1.807) is 50.6 Å². The van der Waals surface area contributed by atoms with Crippen LogP contribution in [0.25, 0.3) is 0 Å². The number of carbonyl (C=O) groups is 2. The number of ether oxygens (including phenoxy) is 2. The quantitative estimate of drug-likeness (QED) is 0.721. The molecule has 0 spiro atoms. The second-order valence-corrected chi connectivity index (χ2v) is 6.29. The molecule has 0 aliphatic heterocycles. The number of nitrogens with one attached hydrogen (secondary N) is 3. The van der Waals surface area contributed by atoms with Gasteiger partial charge in [-0.15, -0.1) is 0 Å². The van der Waals surface area contributed by atoms with Crippen LogP contribution in [-0.2, 0) is 0 Å². The van der Waals surface area contributed by atoms with Crippen LogP contribution in [0.1, 0.15) is 29.8 Å². The maximum absolute atomic E-state index is 12.6. The van der Waals surface area contributed by atoms with Gasteiger partial charge in [-0.05, 0) is 51.1 Å². The van der Waals surface area contributed by atoms with Crippen molar-refractivity contribution >= 4 is 23.3 Å². The number of benzene rings is 2.